The molecule has 0 saturated heterocycles. The van der Waals surface area contributed by atoms with Crippen molar-refractivity contribution in [2.75, 3.05) is 125 Å². The van der Waals surface area contributed by atoms with Crippen molar-refractivity contribution in [2.45, 2.75) is 231 Å². The predicted octanol–water partition coefficient (Wildman–Crippen LogP) is 25.0. The van der Waals surface area contributed by atoms with Gasteiger partial charge in [0.15, 0.2) is 69.0 Å². The summed E-state index contributed by atoms with van der Waals surface area (Å²) in [5, 5.41) is 62.8. The van der Waals surface area contributed by atoms with Gasteiger partial charge in [0.05, 0.1) is 154 Å². The van der Waals surface area contributed by atoms with E-state index in [1.54, 1.807) is 135 Å². The molecule has 12 aromatic carbocycles. The van der Waals surface area contributed by atoms with Gasteiger partial charge in [-0.3, -0.25) is 0 Å². The average molecular weight is 2120 g/mol. The Kier molecular flexibility index (Phi) is 31.4. The van der Waals surface area contributed by atoms with E-state index in [-0.39, 0.29) is 104 Å². The summed E-state index contributed by atoms with van der Waals surface area (Å²) in [6.07, 6.45) is -64.4. The third kappa shape index (κ3) is 49.5. The zero-order valence-corrected chi connectivity index (χ0v) is 85.4. The summed E-state index contributed by atoms with van der Waals surface area (Å²) in [5.41, 5.74) is 5.36. The maximum absolute atomic E-state index is 10.5. The van der Waals surface area contributed by atoms with Crippen molar-refractivity contribution in [1.29, 1.82) is 0 Å². The molecule has 0 aromatic heterocycles. The molecule has 0 aliphatic heterocycles. The van der Waals surface area contributed by atoms with Crippen LogP contribution >= 0.6 is 0 Å². The second-order valence-corrected chi connectivity index (χ2v) is 31.8. The number of methoxy groups -OCH3 is 12. The SMILES string of the molecule is [2H]C([2H])(CC([2H])([2H])C([2H])([2H])c1ccc(OC)c(OC)c1)C([2H])(O)COc1cccc(C)c1.[2H]C([2H])(Cc1ccc(OC([2H])([2H])[2H])c(OC([2H])([2H])[2H])c1)CC([2H])([2H])C([2H])(O)COc1cccc(C)c1.[2H]C([2H])(Cc1ccc(OC([2H])([2H])[2H])c(OC)c1)CC([2H])([2H])C([2H])(O)COc1cccc(C)c1.[2H]C([2H])(Cc1ccc(OC)c(OC([2H])([2H])[2H])c1)CC([2H])([2H])C([2H])(O)COc1cccc(C)c1.[2H]C([2H])([2H])Oc1cc(C([2H])([2H])C([2H])([2H])CC([2H])([2H])C([2H])(O)COc2cccc(C)c2)ccc1OC.[2H]C([2H])([2H])Oc1ccc(C([2H])([2H])C([2H])([2H])CC([2H])([2H])C([2H])(O)COc2cccc(C)c2)cc1OC. The van der Waals surface area contributed by atoms with Gasteiger partial charge in [-0.15, -0.1) is 0 Å². The van der Waals surface area contributed by atoms with E-state index in [1.807, 2.05) is 52.0 Å². The first kappa shape index (κ1) is 65.1. The number of aliphatic hydroxyl groups is 6. The first-order chi connectivity index (χ1) is 92.5. The van der Waals surface area contributed by atoms with Gasteiger partial charge >= 0.3 is 0 Å². The van der Waals surface area contributed by atoms with Gasteiger partial charge < -0.3 is 116 Å². The minimum absolute atomic E-state index is 0.0228. The summed E-state index contributed by atoms with van der Waals surface area (Å²) in [6, 6.07) is 63.1. The lowest BCUT2D eigenvalue weighted by molar-refractivity contribution is 0.0976. The summed E-state index contributed by atoms with van der Waals surface area (Å²) < 4.78 is 518. The molecule has 0 bridgehead atoms. The van der Waals surface area contributed by atoms with Crippen molar-refractivity contribution in [3.63, 3.8) is 0 Å². The van der Waals surface area contributed by atoms with Crippen LogP contribution in [0.5, 0.6) is 103 Å². The van der Waals surface area contributed by atoms with Crippen LogP contribution in [0.15, 0.2) is 255 Å². The lowest BCUT2D eigenvalue weighted by Gasteiger charge is -2.13. The zero-order chi connectivity index (χ0) is 156. The summed E-state index contributed by atoms with van der Waals surface area (Å²) in [5.74, 6) is 0.984. The van der Waals surface area contributed by atoms with E-state index in [0.29, 0.717) is 39.9 Å². The van der Waals surface area contributed by atoms with Gasteiger partial charge in [0.2, 0.25) is 0 Å². The lowest BCUT2D eigenvalue weighted by Crippen LogP contribution is -2.17. The highest BCUT2D eigenvalue weighted by Gasteiger charge is 2.18. The highest BCUT2D eigenvalue weighted by atomic mass is 16.5. The minimum atomic E-state index is -2.96. The molecule has 24 nitrogen and oxygen atoms in total. The van der Waals surface area contributed by atoms with Gasteiger partial charge in [-0.2, -0.15) is 0 Å². The van der Waals surface area contributed by atoms with E-state index in [1.165, 1.54) is 109 Å². The van der Waals surface area contributed by atoms with Crippen LogP contribution in [0.1, 0.15) is 256 Å². The first-order valence-electron chi connectivity index (χ1n) is 73.3. The van der Waals surface area contributed by atoms with E-state index in [0.717, 1.165) is 75.8 Å². The maximum Gasteiger partial charge on any atom is 0.160 e. The average Bonchev–Trinajstić information content (AvgIpc) is 0.755. The smallest absolute Gasteiger partial charge is 0.160 e. The van der Waals surface area contributed by atoms with Crippen molar-refractivity contribution < 1.29 is 190 Å². The molecule has 0 heterocycles. The van der Waals surface area contributed by atoms with Crippen molar-refractivity contribution >= 4 is 0 Å². The van der Waals surface area contributed by atoms with Crippen LogP contribution in [0.4, 0.5) is 0 Å². The quantitative estimate of drug-likeness (QED) is 0.0206. The van der Waals surface area contributed by atoms with Crippen molar-refractivity contribution in [1.82, 2.24) is 0 Å². The monoisotopic (exact) mass is 2120 g/mol. The number of hydrogen-bond acceptors (Lipinski definition) is 24. The van der Waals surface area contributed by atoms with Gasteiger partial charge in [-0.05, 0) is 369 Å². The first-order valence-corrected chi connectivity index (χ1v) is 46.3. The summed E-state index contributed by atoms with van der Waals surface area (Å²) in [6.45, 7) is 6.34. The molecule has 0 radical (unpaired) electrons. The third-order valence-electron chi connectivity index (χ3n) is 20.1. The standard InChI is InChI=1S/6C21H28O4/c6*1-16-7-6-10-19(13-16)25-15-18(22)9-5-4-8-17-11-12-20(23-2)21(14-17)24-3/h6*6-7,10-14,18,22H,4-5,8-9,15H2,1-3H3/i3D3,4D2,8D2,9D2,18D;2D3,4D2,8D2,9D2,18D;2D3,3D3,4D2,9D2,18D;4D2,8D2,9D2,18D;3D3,4D2,9D2,18D;2D3,4D2,9D2,18D. The van der Waals surface area contributed by atoms with Crippen LogP contribution < -0.4 is 85.3 Å². The maximum atomic E-state index is 10.5. The number of hydrogen-bond donors (Lipinski definition) is 6. The fraction of sp³-hybridized carbons (Fsp3) is 0.429. The molecule has 150 heavy (non-hydrogen) atoms. The Morgan fingerprint density at radius 3 is 0.560 bits per heavy atom. The zero-order valence-electron chi connectivity index (χ0n) is 139. The van der Waals surface area contributed by atoms with E-state index >= 15 is 0 Å². The topological polar surface area (TPSA) is 288 Å². The molecule has 816 valence electrons. The molecule has 0 aliphatic carbocycles. The van der Waals surface area contributed by atoms with Gasteiger partial charge in [0.25, 0.3) is 0 Å². The molecular weight excluding hydrogens is 1900 g/mol. The Balaban J connectivity index is 0.000000324. The number of aryl methyl sites for hydroxylation is 12. The number of benzene rings is 12. The molecule has 0 saturated carbocycles. The Morgan fingerprint density at radius 2 is 0.373 bits per heavy atom. The number of ether oxygens (including phenoxy) is 18. The summed E-state index contributed by atoms with van der Waals surface area (Å²) >= 11 is 0. The van der Waals surface area contributed by atoms with Crippen LogP contribution in [0.25, 0.3) is 0 Å². The van der Waals surface area contributed by atoms with Crippen molar-refractivity contribution in [2.24, 2.45) is 0 Å². The van der Waals surface area contributed by atoms with E-state index in [4.69, 9.17) is 159 Å². The largest absolute Gasteiger partial charge is 0.493 e. The molecule has 6 N–H and O–H groups in total. The summed E-state index contributed by atoms with van der Waals surface area (Å²) in [4.78, 5) is 0. The molecule has 12 aromatic rings. The lowest BCUT2D eigenvalue weighted by atomic mass is 10.0. The van der Waals surface area contributed by atoms with Crippen LogP contribution in [0.2, 0.25) is 0 Å². The molecule has 0 fully saturated rings. The second-order valence-electron chi connectivity index (χ2n) is 31.8. The van der Waals surface area contributed by atoms with E-state index in [9.17, 15) is 30.6 Å². The molecule has 6 unspecified atom stereocenters. The van der Waals surface area contributed by atoms with Gasteiger partial charge in [0, 0.05) is 41.1 Å². The molecule has 0 spiro atoms. The molecule has 0 aliphatic rings. The van der Waals surface area contributed by atoms with E-state index in [2.05, 4.69) is 0 Å². The van der Waals surface area contributed by atoms with Crippen LogP contribution in [-0.2, 0) is 38.4 Å². The number of rotatable bonds is 60. The fourth-order valence-electron chi connectivity index (χ4n) is 12.7. The summed E-state index contributed by atoms with van der Waals surface area (Å²) in [7, 11) is -9.06. The highest BCUT2D eigenvalue weighted by Crippen LogP contribution is 2.36. The van der Waals surface area contributed by atoms with Gasteiger partial charge in [-0.1, -0.05) is 148 Å². The van der Waals surface area contributed by atoms with Crippen LogP contribution in [0, 0.1) is 41.5 Å². The molecule has 24 heteroatoms. The molecule has 0 amide bonds. The third-order valence-corrected chi connectivity index (χ3v) is 20.1. The highest BCUT2D eigenvalue weighted by molar-refractivity contribution is 5.48. The van der Waals surface area contributed by atoms with Crippen LogP contribution in [0.3, 0.4) is 0 Å². The van der Waals surface area contributed by atoms with Crippen molar-refractivity contribution in [3.8, 4) is 103 Å². The Labute approximate surface area is 968 Å². The normalized spacial score (nSPS) is 20.4. The fourth-order valence-corrected chi connectivity index (χ4v) is 12.7. The van der Waals surface area contributed by atoms with Crippen molar-refractivity contribution in [3.05, 3.63) is 322 Å². The second kappa shape index (κ2) is 72.3. The predicted molar refractivity (Wildman–Crippen MR) is 599 cm³/mol. The Bertz CT molecular complexity index is 8350. The Morgan fingerprint density at radius 1 is 0.207 bits per heavy atom. The van der Waals surface area contributed by atoms with E-state index < -0.39 is 265 Å². The van der Waals surface area contributed by atoms with Crippen LogP contribution in [-0.4, -0.2) is 192 Å². The minimum Gasteiger partial charge on any atom is -0.493 e. The molecular formula is C126H168O24. The Hall–Kier alpha value is -13.2. The molecule has 6 atom stereocenters. The van der Waals surface area contributed by atoms with Gasteiger partial charge in [-0.25, -0.2) is 0 Å². The van der Waals surface area contributed by atoms with Gasteiger partial charge in [0.1, 0.15) is 74.1 Å². The molecule has 12 rings (SSSR count).